The normalized spacial score (nSPS) is 31.9. The van der Waals surface area contributed by atoms with Crippen molar-refractivity contribution in [2.45, 2.75) is 76.2 Å². The highest BCUT2D eigenvalue weighted by atomic mass is 32.1. The Hall–Kier alpha value is -2.22. The van der Waals surface area contributed by atoms with Gasteiger partial charge in [0, 0.05) is 28.3 Å². The molecule has 0 aliphatic heterocycles. The maximum absolute atomic E-state index is 13.6. The lowest BCUT2D eigenvalue weighted by Gasteiger charge is -2.58. The van der Waals surface area contributed by atoms with E-state index in [9.17, 15) is 23.5 Å². The molecule has 1 aromatic carbocycles. The largest absolute Gasteiger partial charge is 0.492 e. The van der Waals surface area contributed by atoms with Crippen LogP contribution in [0.1, 0.15) is 74.6 Å². The number of alkyl halides is 2. The number of aliphatic carboxylic acids is 1. The molecule has 0 unspecified atom stereocenters. The molecule has 4 bridgehead atoms. The van der Waals surface area contributed by atoms with Gasteiger partial charge in [-0.25, -0.2) is 13.6 Å². The van der Waals surface area contributed by atoms with Crippen molar-refractivity contribution in [2.75, 3.05) is 6.61 Å². The summed E-state index contributed by atoms with van der Waals surface area (Å²) in [5, 5.41) is 15.9. The predicted molar refractivity (Wildman–Crippen MR) is 134 cm³/mol. The number of carboxylic acid groups (broad SMARTS) is 1. The van der Waals surface area contributed by atoms with E-state index >= 15 is 0 Å². The van der Waals surface area contributed by atoms with E-state index in [1.54, 1.807) is 6.07 Å². The number of fused-ring (bicyclic) bond motifs is 1. The third-order valence-electron chi connectivity index (χ3n) is 9.35. The second-order valence-electron chi connectivity index (χ2n) is 11.9. The highest BCUT2D eigenvalue weighted by molar-refractivity contribution is 7.17. The number of rotatable bonds is 7. The van der Waals surface area contributed by atoms with E-state index in [0.717, 1.165) is 29.3 Å². The van der Waals surface area contributed by atoms with E-state index in [2.05, 4.69) is 5.32 Å². The first-order valence-electron chi connectivity index (χ1n) is 13.3. The molecule has 0 saturated heterocycles. The number of ether oxygens (including phenoxy) is 1. The molecule has 5 aliphatic carbocycles. The number of halogens is 2. The first kappa shape index (κ1) is 24.1. The lowest BCUT2D eigenvalue weighted by Crippen LogP contribution is -2.59. The second kappa shape index (κ2) is 8.96. The van der Waals surface area contributed by atoms with Crippen LogP contribution < -0.4 is 10.1 Å². The van der Waals surface area contributed by atoms with E-state index in [0.29, 0.717) is 41.9 Å². The van der Waals surface area contributed by atoms with Crippen molar-refractivity contribution in [3.8, 4) is 5.75 Å². The Bertz CT molecular complexity index is 1130. The Morgan fingerprint density at radius 1 is 1.06 bits per heavy atom. The predicted octanol–water partition coefficient (Wildman–Crippen LogP) is 6.51. The fourth-order valence-electron chi connectivity index (χ4n) is 8.04. The van der Waals surface area contributed by atoms with Crippen molar-refractivity contribution >= 4 is 33.3 Å². The van der Waals surface area contributed by atoms with E-state index in [1.165, 1.54) is 30.6 Å². The van der Waals surface area contributed by atoms with Crippen LogP contribution in [0.15, 0.2) is 23.6 Å². The summed E-state index contributed by atoms with van der Waals surface area (Å²) in [5.41, 5.74) is -0.0603. The maximum Gasteiger partial charge on any atom is 0.326 e. The molecule has 7 rings (SSSR count). The Labute approximate surface area is 213 Å². The maximum atomic E-state index is 13.6. The van der Waals surface area contributed by atoms with Crippen LogP contribution in [-0.4, -0.2) is 35.6 Å². The monoisotopic (exact) mass is 517 g/mol. The first-order chi connectivity index (χ1) is 17.2. The van der Waals surface area contributed by atoms with Crippen molar-refractivity contribution in [3.63, 3.8) is 0 Å². The Balaban J connectivity index is 1.24. The first-order valence-corrected chi connectivity index (χ1v) is 14.1. The van der Waals surface area contributed by atoms with E-state index in [1.807, 2.05) is 17.5 Å². The van der Waals surface area contributed by atoms with Gasteiger partial charge in [0.1, 0.15) is 11.8 Å². The number of hydrogen-bond donors (Lipinski definition) is 2. The Morgan fingerprint density at radius 2 is 1.69 bits per heavy atom. The minimum Gasteiger partial charge on any atom is -0.492 e. The molecule has 5 aliphatic rings. The summed E-state index contributed by atoms with van der Waals surface area (Å²) in [6, 6.07) is 4.54. The summed E-state index contributed by atoms with van der Waals surface area (Å²) in [6.07, 6.45) is 6.70. The minimum atomic E-state index is -2.60. The number of carbonyl (C=O) groups is 2. The van der Waals surface area contributed by atoms with Gasteiger partial charge in [0.15, 0.2) is 0 Å². The number of amides is 1. The molecule has 1 atom stereocenters. The molecule has 0 radical (unpaired) electrons. The molecule has 5 nitrogen and oxygen atoms in total. The number of benzene rings is 1. The number of nitrogens with one attached hydrogen (secondary N) is 1. The van der Waals surface area contributed by atoms with Gasteiger partial charge in [-0.1, -0.05) is 0 Å². The van der Waals surface area contributed by atoms with Gasteiger partial charge in [0.05, 0.1) is 12.2 Å². The van der Waals surface area contributed by atoms with Gasteiger partial charge in [-0.3, -0.25) is 4.79 Å². The van der Waals surface area contributed by atoms with Crippen molar-refractivity contribution in [1.29, 1.82) is 0 Å². The summed E-state index contributed by atoms with van der Waals surface area (Å²) in [6.45, 7) is 0.267. The zero-order valence-electron chi connectivity index (χ0n) is 20.3. The molecule has 2 N–H and O–H groups in total. The lowest BCUT2D eigenvalue weighted by atomic mass is 9.47. The van der Waals surface area contributed by atoms with Crippen LogP contribution in [0.4, 0.5) is 8.78 Å². The second-order valence-corrected chi connectivity index (χ2v) is 12.9. The van der Waals surface area contributed by atoms with Gasteiger partial charge < -0.3 is 15.2 Å². The van der Waals surface area contributed by atoms with E-state index in [-0.39, 0.29) is 30.8 Å². The highest BCUT2D eigenvalue weighted by Crippen LogP contribution is 2.61. The van der Waals surface area contributed by atoms with E-state index < -0.39 is 23.8 Å². The number of carbonyl (C=O) groups excluding carboxylic acids is 1. The molecule has 0 spiro atoms. The van der Waals surface area contributed by atoms with Crippen molar-refractivity contribution in [1.82, 2.24) is 5.32 Å². The summed E-state index contributed by atoms with van der Waals surface area (Å²) in [5.74, 6) is -1.86. The fraction of sp³-hybridized carbons (Fsp3) is 0.643. The highest BCUT2D eigenvalue weighted by Gasteiger charge is 2.56. The van der Waals surface area contributed by atoms with Gasteiger partial charge >= 0.3 is 5.97 Å². The van der Waals surface area contributed by atoms with Gasteiger partial charge in [0.25, 0.3) is 5.91 Å². The van der Waals surface area contributed by atoms with Crippen LogP contribution in [0.25, 0.3) is 10.1 Å². The van der Waals surface area contributed by atoms with Gasteiger partial charge in [-0.2, -0.15) is 0 Å². The molecule has 1 aromatic heterocycles. The van der Waals surface area contributed by atoms with E-state index in [4.69, 9.17) is 4.74 Å². The zero-order valence-corrected chi connectivity index (χ0v) is 21.1. The van der Waals surface area contributed by atoms with Crippen LogP contribution in [0.3, 0.4) is 0 Å². The third-order valence-corrected chi connectivity index (χ3v) is 10.2. The number of thiophene rings is 1. The van der Waals surface area contributed by atoms with Gasteiger partial charge in [-0.05, 0) is 98.6 Å². The molecule has 5 saturated carbocycles. The number of carboxylic acids is 1. The lowest BCUT2D eigenvalue weighted by molar-refractivity contribution is -0.150. The molecule has 8 heteroatoms. The molecule has 2 aromatic rings. The Morgan fingerprint density at radius 3 is 2.31 bits per heavy atom. The summed E-state index contributed by atoms with van der Waals surface area (Å²) >= 11 is 1.54. The van der Waals surface area contributed by atoms with Crippen LogP contribution in [0.5, 0.6) is 5.75 Å². The molecule has 194 valence electrons. The molecular weight excluding hydrogens is 484 g/mol. The third kappa shape index (κ3) is 4.39. The minimum absolute atomic E-state index is 0.00761. The quantitative estimate of drug-likeness (QED) is 0.439. The van der Waals surface area contributed by atoms with Crippen molar-refractivity contribution in [3.05, 3.63) is 29.1 Å². The number of hydrogen-bond acceptors (Lipinski definition) is 4. The molecular formula is C28H33F2NO4S. The molecule has 36 heavy (non-hydrogen) atoms. The average Bonchev–Trinajstić information content (AvgIpc) is 3.29. The van der Waals surface area contributed by atoms with Crippen molar-refractivity contribution < 1.29 is 28.2 Å². The topological polar surface area (TPSA) is 75.6 Å². The van der Waals surface area contributed by atoms with Crippen LogP contribution in [0, 0.1) is 29.1 Å². The smallest absolute Gasteiger partial charge is 0.326 e. The fourth-order valence-corrected chi connectivity index (χ4v) is 8.82. The van der Waals surface area contributed by atoms with Crippen molar-refractivity contribution in [2.24, 2.45) is 29.1 Å². The van der Waals surface area contributed by atoms with Gasteiger partial charge in [-0.15, -0.1) is 11.3 Å². The summed E-state index contributed by atoms with van der Waals surface area (Å²) in [7, 11) is 0. The molecule has 1 amide bonds. The summed E-state index contributed by atoms with van der Waals surface area (Å²) in [4.78, 5) is 26.1. The Kier molecular flexibility index (Phi) is 6.01. The van der Waals surface area contributed by atoms with Crippen LogP contribution in [-0.2, 0) is 4.79 Å². The standard InChI is InChI=1S/C28H33F2NO4S/c29-28(30)6-3-16(4-7-28)15-35-23-20-5-8-36-22(20)2-1-21(23)25(32)31-24(26(33)34)27-12-17-9-18(13-27)11-19(10-17)14-27/h1-2,5,8,16-19,24H,3-4,6-7,9-15H2,(H,31,32)(H,33,34)/t17?,18?,19?,24-,27?/m1/s1. The SMILES string of the molecule is O=C(N[C@H](C(=O)O)C12CC3CC(CC(C3)C1)C2)c1ccc2sccc2c1OCC1CCC(F)(F)CC1. The van der Waals surface area contributed by atoms with Crippen LogP contribution >= 0.6 is 11.3 Å². The van der Waals surface area contributed by atoms with Crippen LogP contribution in [0.2, 0.25) is 0 Å². The average molecular weight is 518 g/mol. The molecule has 1 heterocycles. The van der Waals surface area contributed by atoms with Gasteiger partial charge in [0.2, 0.25) is 5.92 Å². The zero-order chi connectivity index (χ0) is 25.1. The summed E-state index contributed by atoms with van der Waals surface area (Å²) < 4.78 is 34.3. The molecule has 5 fully saturated rings.